The number of ketones is 1. The van der Waals surface area contributed by atoms with Crippen LogP contribution in [0.5, 0.6) is 0 Å². The monoisotopic (exact) mass is 447 g/mol. The van der Waals surface area contributed by atoms with Crippen molar-refractivity contribution >= 4 is 29.2 Å². The molecule has 1 heterocycles. The molecule has 168 valence electrons. The number of imide groups is 1. The van der Waals surface area contributed by atoms with E-state index in [2.05, 4.69) is 0 Å². The van der Waals surface area contributed by atoms with Crippen LogP contribution in [-0.2, 0) is 9.59 Å². The molecule has 2 aromatic rings. The summed E-state index contributed by atoms with van der Waals surface area (Å²) in [6, 6.07) is 13.4. The number of amides is 3. The lowest BCUT2D eigenvalue weighted by molar-refractivity contribution is -0.385. The predicted octanol–water partition coefficient (Wildman–Crippen LogP) is 3.03. The molecule has 0 radical (unpaired) electrons. The van der Waals surface area contributed by atoms with E-state index >= 15 is 0 Å². The van der Waals surface area contributed by atoms with Crippen molar-refractivity contribution in [3.8, 4) is 0 Å². The number of rotatable bonds is 6. The Kier molecular flexibility index (Phi) is 5.87. The maximum atomic E-state index is 13.5. The number of carbonyl (C=O) groups excluding carboxylic acids is 4. The van der Waals surface area contributed by atoms with Gasteiger partial charge in [-0.3, -0.25) is 29.3 Å². The van der Waals surface area contributed by atoms with E-state index < -0.39 is 52.5 Å². The Morgan fingerprint density at radius 2 is 1.73 bits per heavy atom. The molecule has 0 aromatic heterocycles. The van der Waals surface area contributed by atoms with E-state index in [1.165, 1.54) is 18.2 Å². The molecule has 4 rings (SSSR count). The van der Waals surface area contributed by atoms with Crippen molar-refractivity contribution in [2.75, 3.05) is 6.54 Å². The van der Waals surface area contributed by atoms with Crippen LogP contribution < -0.4 is 0 Å². The number of nitro benzene ring substituents is 1. The molecular formula is C24H21N3O6. The zero-order chi connectivity index (χ0) is 23.7. The quantitative estimate of drug-likeness (QED) is 0.221. The molecule has 2 aliphatic rings. The molecular weight excluding hydrogens is 426 g/mol. The number of fused-ring (bicyclic) bond motifs is 1. The van der Waals surface area contributed by atoms with Crippen LogP contribution in [0.1, 0.15) is 34.1 Å². The van der Waals surface area contributed by atoms with Gasteiger partial charge in [-0.15, -0.1) is 0 Å². The number of nitrogens with zero attached hydrogens (tertiary/aromatic N) is 3. The second-order valence-corrected chi connectivity index (χ2v) is 8.07. The minimum absolute atomic E-state index is 0.224. The number of hydrogen-bond donors (Lipinski definition) is 0. The van der Waals surface area contributed by atoms with Crippen molar-refractivity contribution in [2.45, 2.75) is 13.3 Å². The van der Waals surface area contributed by atoms with Gasteiger partial charge in [-0.05, 0) is 18.4 Å². The lowest BCUT2D eigenvalue weighted by Gasteiger charge is -2.30. The molecule has 1 aliphatic carbocycles. The van der Waals surface area contributed by atoms with Gasteiger partial charge in [0.25, 0.3) is 23.4 Å². The first-order valence-corrected chi connectivity index (χ1v) is 10.5. The fourth-order valence-corrected chi connectivity index (χ4v) is 4.41. The Labute approximate surface area is 189 Å². The number of benzene rings is 2. The summed E-state index contributed by atoms with van der Waals surface area (Å²) in [5.41, 5.74) is -0.513. The summed E-state index contributed by atoms with van der Waals surface area (Å²) in [5, 5.41) is 13.0. The SMILES string of the molecule is C[C@@H]1C=CC[C@H]2C(=O)N(N(CC(=O)c3ccccc3)C(=O)c3ccccc3[N+](=O)[O-])C(=O)[C@@H]12. The predicted molar refractivity (Wildman–Crippen MR) is 117 cm³/mol. The lowest BCUT2D eigenvalue weighted by atomic mass is 9.78. The number of para-hydroxylation sites is 1. The summed E-state index contributed by atoms with van der Waals surface area (Å²) >= 11 is 0. The third-order valence-corrected chi connectivity index (χ3v) is 6.05. The molecule has 2 aromatic carbocycles. The number of Topliss-reactive ketones (excluding diaryl/α,β-unsaturated/α-hetero) is 1. The molecule has 3 amide bonds. The van der Waals surface area contributed by atoms with Gasteiger partial charge in [0.2, 0.25) is 0 Å². The van der Waals surface area contributed by atoms with Crippen LogP contribution in [0.2, 0.25) is 0 Å². The van der Waals surface area contributed by atoms with Gasteiger partial charge in [0.15, 0.2) is 5.78 Å². The topological polar surface area (TPSA) is 118 Å². The molecule has 1 fully saturated rings. The number of carbonyl (C=O) groups is 4. The largest absolute Gasteiger partial charge is 0.292 e. The van der Waals surface area contributed by atoms with Crippen LogP contribution in [0.25, 0.3) is 0 Å². The average molecular weight is 447 g/mol. The van der Waals surface area contributed by atoms with Gasteiger partial charge in [0.1, 0.15) is 12.1 Å². The molecule has 0 unspecified atom stereocenters. The molecule has 1 aliphatic heterocycles. The van der Waals surface area contributed by atoms with Crippen molar-refractivity contribution in [1.29, 1.82) is 0 Å². The van der Waals surface area contributed by atoms with Crippen molar-refractivity contribution in [1.82, 2.24) is 10.0 Å². The Hall–Kier alpha value is -4.14. The van der Waals surface area contributed by atoms with Gasteiger partial charge in [-0.25, -0.2) is 5.01 Å². The van der Waals surface area contributed by atoms with E-state index in [0.29, 0.717) is 6.42 Å². The van der Waals surface area contributed by atoms with Crippen molar-refractivity contribution in [2.24, 2.45) is 17.8 Å². The van der Waals surface area contributed by atoms with Crippen LogP contribution in [0.4, 0.5) is 5.69 Å². The first kappa shape index (κ1) is 22.1. The van der Waals surface area contributed by atoms with Gasteiger partial charge in [0.05, 0.1) is 16.8 Å². The van der Waals surface area contributed by atoms with E-state index in [-0.39, 0.29) is 17.0 Å². The number of hydrazine groups is 1. The number of hydrogen-bond acceptors (Lipinski definition) is 6. The number of allylic oxidation sites excluding steroid dienone is 2. The summed E-state index contributed by atoms with van der Waals surface area (Å²) in [5.74, 6) is -4.18. The standard InChI is InChI=1S/C24H21N3O6/c1-15-8-7-12-18-21(15)24(31)26(23(18)30)25(14-20(28)16-9-3-2-4-10-16)22(29)17-11-5-6-13-19(17)27(32)33/h2-11,13,15,18,21H,12,14H2,1H3/t15-,18-,21+/m1/s1. The van der Waals surface area contributed by atoms with E-state index in [1.807, 2.05) is 19.1 Å². The Morgan fingerprint density at radius 1 is 1.06 bits per heavy atom. The summed E-state index contributed by atoms with van der Waals surface area (Å²) in [6.45, 7) is 1.19. The first-order valence-electron chi connectivity index (χ1n) is 10.5. The minimum Gasteiger partial charge on any atom is -0.292 e. The molecule has 0 bridgehead atoms. The van der Waals surface area contributed by atoms with Crippen LogP contribution in [-0.4, -0.2) is 45.0 Å². The van der Waals surface area contributed by atoms with Crippen molar-refractivity contribution < 1.29 is 24.1 Å². The molecule has 9 heteroatoms. The minimum atomic E-state index is -0.965. The molecule has 0 spiro atoms. The molecule has 1 saturated heterocycles. The zero-order valence-electron chi connectivity index (χ0n) is 17.8. The summed E-state index contributed by atoms with van der Waals surface area (Å²) < 4.78 is 0. The van der Waals surface area contributed by atoms with Crippen molar-refractivity contribution in [3.05, 3.63) is 88.0 Å². The van der Waals surface area contributed by atoms with Gasteiger partial charge < -0.3 is 0 Å². The molecule has 0 saturated carbocycles. The van der Waals surface area contributed by atoms with Gasteiger partial charge in [0, 0.05) is 11.6 Å². The lowest BCUT2D eigenvalue weighted by Crippen LogP contribution is -2.52. The smallest absolute Gasteiger partial charge is 0.282 e. The summed E-state index contributed by atoms with van der Waals surface area (Å²) in [6.07, 6.45) is 4.01. The van der Waals surface area contributed by atoms with Gasteiger partial charge >= 0.3 is 0 Å². The van der Waals surface area contributed by atoms with Crippen LogP contribution in [0.15, 0.2) is 66.7 Å². The fraction of sp³-hybridized carbons (Fsp3) is 0.250. The second-order valence-electron chi connectivity index (χ2n) is 8.07. The van der Waals surface area contributed by atoms with Crippen LogP contribution in [0, 0.1) is 27.9 Å². The molecule has 9 nitrogen and oxygen atoms in total. The van der Waals surface area contributed by atoms with Gasteiger partial charge in [-0.2, -0.15) is 5.01 Å². The third-order valence-electron chi connectivity index (χ3n) is 6.05. The van der Waals surface area contributed by atoms with Crippen LogP contribution in [0.3, 0.4) is 0 Å². The van der Waals surface area contributed by atoms with E-state index in [0.717, 1.165) is 16.1 Å². The van der Waals surface area contributed by atoms with Crippen molar-refractivity contribution in [3.63, 3.8) is 0 Å². The maximum Gasteiger partial charge on any atom is 0.282 e. The fourth-order valence-electron chi connectivity index (χ4n) is 4.41. The second kappa shape index (κ2) is 8.78. The van der Waals surface area contributed by atoms with E-state index in [4.69, 9.17) is 0 Å². The maximum absolute atomic E-state index is 13.5. The highest BCUT2D eigenvalue weighted by Crippen LogP contribution is 2.39. The first-order chi connectivity index (χ1) is 15.8. The average Bonchev–Trinajstić information content (AvgIpc) is 3.08. The highest BCUT2D eigenvalue weighted by Gasteiger charge is 2.53. The highest BCUT2D eigenvalue weighted by molar-refractivity contribution is 6.10. The molecule has 3 atom stereocenters. The van der Waals surface area contributed by atoms with E-state index in [9.17, 15) is 29.3 Å². The normalized spacial score (nSPS) is 21.6. The molecule has 33 heavy (non-hydrogen) atoms. The zero-order valence-corrected chi connectivity index (χ0v) is 17.8. The highest BCUT2D eigenvalue weighted by atomic mass is 16.6. The summed E-state index contributed by atoms with van der Waals surface area (Å²) in [7, 11) is 0. The van der Waals surface area contributed by atoms with Crippen LogP contribution >= 0.6 is 0 Å². The summed E-state index contributed by atoms with van der Waals surface area (Å²) in [4.78, 5) is 63.8. The number of nitro groups is 1. The van der Waals surface area contributed by atoms with Gasteiger partial charge in [-0.1, -0.05) is 61.5 Å². The Balaban J connectivity index is 1.76. The molecule has 0 N–H and O–H groups in total. The Bertz CT molecular complexity index is 1180. The van der Waals surface area contributed by atoms with E-state index in [1.54, 1.807) is 30.3 Å². The third kappa shape index (κ3) is 3.93. The Morgan fingerprint density at radius 3 is 2.39 bits per heavy atom.